The highest BCUT2D eigenvalue weighted by atomic mass is 19.1. The first-order chi connectivity index (χ1) is 14.0. The van der Waals surface area contributed by atoms with Crippen molar-refractivity contribution in [2.24, 2.45) is 0 Å². The van der Waals surface area contributed by atoms with Gasteiger partial charge in [0.05, 0.1) is 18.5 Å². The fourth-order valence-electron chi connectivity index (χ4n) is 3.09. The van der Waals surface area contributed by atoms with E-state index in [-0.39, 0.29) is 11.7 Å². The molecule has 29 heavy (non-hydrogen) atoms. The minimum atomic E-state index is -0.431. The summed E-state index contributed by atoms with van der Waals surface area (Å²) in [7, 11) is 1.44. The van der Waals surface area contributed by atoms with Crippen LogP contribution in [0, 0.1) is 12.7 Å². The summed E-state index contributed by atoms with van der Waals surface area (Å²) in [5.41, 5.74) is 4.36. The Morgan fingerprint density at radius 3 is 2.69 bits per heavy atom. The van der Waals surface area contributed by atoms with E-state index in [0.717, 1.165) is 16.8 Å². The second-order valence-corrected chi connectivity index (χ2v) is 6.74. The molecule has 6 nitrogen and oxygen atoms in total. The number of para-hydroxylation sites is 1. The number of hydrogen-bond acceptors (Lipinski definition) is 4. The predicted octanol–water partition coefficient (Wildman–Crippen LogP) is 3.22. The van der Waals surface area contributed by atoms with Crippen molar-refractivity contribution in [1.29, 1.82) is 0 Å². The van der Waals surface area contributed by atoms with E-state index in [1.165, 1.54) is 20.1 Å². The van der Waals surface area contributed by atoms with E-state index in [2.05, 4.69) is 10.6 Å². The lowest BCUT2D eigenvalue weighted by atomic mass is 10.1. The minimum absolute atomic E-state index is 0.0615. The maximum absolute atomic E-state index is 14.3. The Morgan fingerprint density at radius 2 is 2.00 bits per heavy atom. The van der Waals surface area contributed by atoms with Gasteiger partial charge in [0.15, 0.2) is 11.6 Å². The number of rotatable bonds is 8. The van der Waals surface area contributed by atoms with Gasteiger partial charge in [0, 0.05) is 43.9 Å². The molecule has 0 aliphatic carbocycles. The third-order valence-electron chi connectivity index (χ3n) is 4.57. The Bertz CT molecular complexity index is 1000. The van der Waals surface area contributed by atoms with Crippen LogP contribution in [0.25, 0.3) is 16.9 Å². The fraction of sp³-hybridized carbons (Fsp3) is 0.273. The SMILES string of the molecule is COc1ccc(-c2nn(-c3ccccc3C)cc2CNCCNC(C)=O)cc1F. The highest BCUT2D eigenvalue weighted by Gasteiger charge is 2.15. The molecule has 0 bridgehead atoms. The maximum Gasteiger partial charge on any atom is 0.216 e. The summed E-state index contributed by atoms with van der Waals surface area (Å²) in [6, 6.07) is 12.8. The first-order valence-electron chi connectivity index (χ1n) is 9.43. The van der Waals surface area contributed by atoms with E-state index in [1.807, 2.05) is 42.1 Å². The third-order valence-corrected chi connectivity index (χ3v) is 4.57. The number of aromatic nitrogens is 2. The molecular weight excluding hydrogens is 371 g/mol. The van der Waals surface area contributed by atoms with E-state index < -0.39 is 5.82 Å². The molecule has 1 aromatic heterocycles. The molecule has 0 aliphatic heterocycles. The molecule has 2 aromatic carbocycles. The molecule has 3 aromatic rings. The third kappa shape index (κ3) is 5.00. The Hall–Kier alpha value is -3.19. The Morgan fingerprint density at radius 1 is 1.21 bits per heavy atom. The summed E-state index contributed by atoms with van der Waals surface area (Å²) in [5, 5.41) is 10.8. The second kappa shape index (κ2) is 9.34. The lowest BCUT2D eigenvalue weighted by Crippen LogP contribution is -2.29. The van der Waals surface area contributed by atoms with Gasteiger partial charge >= 0.3 is 0 Å². The lowest BCUT2D eigenvalue weighted by molar-refractivity contribution is -0.118. The van der Waals surface area contributed by atoms with Gasteiger partial charge < -0.3 is 15.4 Å². The van der Waals surface area contributed by atoms with E-state index in [4.69, 9.17) is 9.84 Å². The van der Waals surface area contributed by atoms with Gasteiger partial charge in [-0.1, -0.05) is 18.2 Å². The van der Waals surface area contributed by atoms with Crippen LogP contribution in [0.5, 0.6) is 5.75 Å². The number of aryl methyl sites for hydroxylation is 1. The lowest BCUT2D eigenvalue weighted by Gasteiger charge is -2.07. The van der Waals surface area contributed by atoms with Crippen LogP contribution in [-0.4, -0.2) is 35.9 Å². The highest BCUT2D eigenvalue weighted by molar-refractivity contribution is 5.72. The van der Waals surface area contributed by atoms with Crippen molar-refractivity contribution in [1.82, 2.24) is 20.4 Å². The number of nitrogens with zero attached hydrogens (tertiary/aromatic N) is 2. The molecule has 3 rings (SSSR count). The number of amides is 1. The molecule has 1 amide bonds. The van der Waals surface area contributed by atoms with Crippen LogP contribution in [0.4, 0.5) is 4.39 Å². The van der Waals surface area contributed by atoms with Gasteiger partial charge in [0.25, 0.3) is 0 Å². The average Bonchev–Trinajstić information content (AvgIpc) is 3.11. The van der Waals surface area contributed by atoms with Gasteiger partial charge in [-0.15, -0.1) is 0 Å². The van der Waals surface area contributed by atoms with Crippen LogP contribution < -0.4 is 15.4 Å². The number of benzene rings is 2. The van der Waals surface area contributed by atoms with Crippen molar-refractivity contribution in [3.05, 3.63) is 65.6 Å². The Labute approximate surface area is 169 Å². The van der Waals surface area contributed by atoms with E-state index in [9.17, 15) is 9.18 Å². The molecule has 0 unspecified atom stereocenters. The van der Waals surface area contributed by atoms with E-state index >= 15 is 0 Å². The quantitative estimate of drug-likeness (QED) is 0.574. The minimum Gasteiger partial charge on any atom is -0.494 e. The van der Waals surface area contributed by atoms with Crippen molar-refractivity contribution >= 4 is 5.91 Å². The highest BCUT2D eigenvalue weighted by Crippen LogP contribution is 2.28. The zero-order valence-corrected chi connectivity index (χ0v) is 16.8. The predicted molar refractivity (Wildman–Crippen MR) is 111 cm³/mol. The standard InChI is InChI=1S/C22H25FN4O2/c1-15-6-4-5-7-20(15)27-14-18(13-24-10-11-25-16(2)28)22(26-27)17-8-9-21(29-3)19(23)12-17/h4-9,12,14,24H,10-11,13H2,1-3H3,(H,25,28). The zero-order chi connectivity index (χ0) is 20.8. The normalized spacial score (nSPS) is 10.8. The molecular formula is C22H25FN4O2. The van der Waals surface area contributed by atoms with Crippen molar-refractivity contribution in [2.45, 2.75) is 20.4 Å². The topological polar surface area (TPSA) is 68.2 Å². The first-order valence-corrected chi connectivity index (χ1v) is 9.43. The fourth-order valence-corrected chi connectivity index (χ4v) is 3.09. The van der Waals surface area contributed by atoms with Gasteiger partial charge in [-0.05, 0) is 36.8 Å². The van der Waals surface area contributed by atoms with Crippen LogP contribution in [0.1, 0.15) is 18.1 Å². The van der Waals surface area contributed by atoms with Gasteiger partial charge in [-0.2, -0.15) is 5.10 Å². The number of carbonyl (C=O) groups is 1. The van der Waals surface area contributed by atoms with Crippen molar-refractivity contribution < 1.29 is 13.9 Å². The average molecular weight is 396 g/mol. The number of carbonyl (C=O) groups excluding carboxylic acids is 1. The zero-order valence-electron chi connectivity index (χ0n) is 16.8. The summed E-state index contributed by atoms with van der Waals surface area (Å²) in [6.45, 7) is 5.20. The molecule has 0 saturated heterocycles. The smallest absolute Gasteiger partial charge is 0.216 e. The molecule has 0 saturated carbocycles. The number of nitrogens with one attached hydrogen (secondary N) is 2. The summed E-state index contributed by atoms with van der Waals surface area (Å²) in [4.78, 5) is 11.0. The molecule has 0 radical (unpaired) electrons. The van der Waals surface area contributed by atoms with Gasteiger partial charge in [0.2, 0.25) is 5.91 Å². The van der Waals surface area contributed by atoms with Gasteiger partial charge in [0.1, 0.15) is 0 Å². The van der Waals surface area contributed by atoms with Crippen molar-refractivity contribution in [2.75, 3.05) is 20.2 Å². The molecule has 0 aliphatic rings. The van der Waals surface area contributed by atoms with Crippen molar-refractivity contribution in [3.8, 4) is 22.7 Å². The maximum atomic E-state index is 14.3. The van der Waals surface area contributed by atoms with E-state index in [0.29, 0.717) is 30.9 Å². The van der Waals surface area contributed by atoms with Crippen LogP contribution >= 0.6 is 0 Å². The molecule has 0 fully saturated rings. The molecule has 7 heteroatoms. The van der Waals surface area contributed by atoms with Crippen LogP contribution in [0.15, 0.2) is 48.7 Å². The number of halogens is 1. The number of ether oxygens (including phenoxy) is 1. The molecule has 152 valence electrons. The Balaban J connectivity index is 1.91. The molecule has 1 heterocycles. The monoisotopic (exact) mass is 396 g/mol. The van der Waals surface area contributed by atoms with Crippen molar-refractivity contribution in [3.63, 3.8) is 0 Å². The summed E-state index contributed by atoms with van der Waals surface area (Å²) < 4.78 is 21.1. The van der Waals surface area contributed by atoms with Crippen LogP contribution in [0.3, 0.4) is 0 Å². The number of methoxy groups -OCH3 is 1. The summed E-state index contributed by atoms with van der Waals surface area (Å²) in [5.74, 6) is -0.296. The van der Waals surface area contributed by atoms with Gasteiger partial charge in [-0.25, -0.2) is 9.07 Å². The molecule has 2 N–H and O–H groups in total. The van der Waals surface area contributed by atoms with Crippen LogP contribution in [0.2, 0.25) is 0 Å². The molecule has 0 spiro atoms. The van der Waals surface area contributed by atoms with E-state index in [1.54, 1.807) is 12.1 Å². The van der Waals surface area contributed by atoms with Crippen LogP contribution in [-0.2, 0) is 11.3 Å². The second-order valence-electron chi connectivity index (χ2n) is 6.74. The Kier molecular flexibility index (Phi) is 6.61. The number of hydrogen-bond donors (Lipinski definition) is 2. The molecule has 0 atom stereocenters. The summed E-state index contributed by atoms with van der Waals surface area (Å²) in [6.07, 6.45) is 1.95. The van der Waals surface area contributed by atoms with Gasteiger partial charge in [-0.3, -0.25) is 4.79 Å². The summed E-state index contributed by atoms with van der Waals surface area (Å²) >= 11 is 0. The first kappa shape index (κ1) is 20.5. The largest absolute Gasteiger partial charge is 0.494 e.